The number of hydrogen-bond acceptors (Lipinski definition) is 4. The highest BCUT2D eigenvalue weighted by Gasteiger charge is 2.42. The van der Waals surface area contributed by atoms with Gasteiger partial charge >= 0.3 is 0 Å². The molecule has 0 aliphatic carbocycles. The molecule has 1 aromatic rings. The van der Waals surface area contributed by atoms with Crippen molar-refractivity contribution < 1.29 is 9.47 Å². The van der Waals surface area contributed by atoms with Crippen molar-refractivity contribution in [3.63, 3.8) is 0 Å². The Morgan fingerprint density at radius 3 is 2.80 bits per heavy atom. The Bertz CT molecular complexity index is 702. The minimum Gasteiger partial charge on any atom is -0.497 e. The van der Waals surface area contributed by atoms with Crippen LogP contribution in [0.1, 0.15) is 44.2 Å². The quantitative estimate of drug-likeness (QED) is 0.348. The van der Waals surface area contributed by atoms with Gasteiger partial charge in [0, 0.05) is 31.7 Å². The zero-order valence-electron chi connectivity index (χ0n) is 18.4. The lowest BCUT2D eigenvalue weighted by Crippen LogP contribution is -2.42. The lowest BCUT2D eigenvalue weighted by Gasteiger charge is -2.29. The van der Waals surface area contributed by atoms with Crippen molar-refractivity contribution in [1.29, 1.82) is 0 Å². The fourth-order valence-corrected chi connectivity index (χ4v) is 5.02. The number of guanidine groups is 1. The molecule has 3 aliphatic rings. The van der Waals surface area contributed by atoms with Crippen molar-refractivity contribution in [3.05, 3.63) is 29.8 Å². The highest BCUT2D eigenvalue weighted by molar-refractivity contribution is 14.0. The predicted molar refractivity (Wildman–Crippen MR) is 132 cm³/mol. The number of halogens is 1. The van der Waals surface area contributed by atoms with Crippen LogP contribution in [0.15, 0.2) is 29.3 Å². The molecule has 2 atom stereocenters. The van der Waals surface area contributed by atoms with Crippen molar-refractivity contribution in [1.82, 2.24) is 15.1 Å². The summed E-state index contributed by atoms with van der Waals surface area (Å²) < 4.78 is 11.2. The van der Waals surface area contributed by atoms with Crippen LogP contribution in [0.3, 0.4) is 0 Å². The second-order valence-electron chi connectivity index (χ2n) is 8.70. The zero-order valence-corrected chi connectivity index (χ0v) is 20.8. The summed E-state index contributed by atoms with van der Waals surface area (Å²) in [5, 5.41) is 3.54. The lowest BCUT2D eigenvalue weighted by atomic mass is 9.87. The zero-order chi connectivity index (χ0) is 20.1. The van der Waals surface area contributed by atoms with Crippen LogP contribution >= 0.6 is 24.0 Å². The molecule has 7 heteroatoms. The molecule has 1 spiro atoms. The van der Waals surface area contributed by atoms with Gasteiger partial charge in [0.25, 0.3) is 0 Å². The molecular weight excluding hydrogens is 491 g/mol. The molecule has 0 amide bonds. The fraction of sp³-hybridized carbons (Fsp3) is 0.696. The molecule has 3 heterocycles. The third-order valence-electron chi connectivity index (χ3n) is 6.73. The molecule has 3 saturated heterocycles. The first-order valence-electron chi connectivity index (χ1n) is 11.2. The Labute approximate surface area is 198 Å². The molecule has 3 fully saturated rings. The number of hydrogen-bond donors (Lipinski definition) is 1. The maximum atomic E-state index is 5.71. The van der Waals surface area contributed by atoms with Gasteiger partial charge in [0.05, 0.1) is 26.3 Å². The first-order valence-corrected chi connectivity index (χ1v) is 11.2. The monoisotopic (exact) mass is 528 g/mol. The third kappa shape index (κ3) is 5.40. The Hall–Kier alpha value is -1.06. The molecule has 4 rings (SSSR count). The number of ether oxygens (including phenoxy) is 2. The summed E-state index contributed by atoms with van der Waals surface area (Å²) >= 11 is 0. The first kappa shape index (κ1) is 23.6. The largest absolute Gasteiger partial charge is 0.497 e. The number of benzene rings is 1. The van der Waals surface area contributed by atoms with E-state index in [1.807, 2.05) is 6.07 Å². The van der Waals surface area contributed by atoms with Crippen LogP contribution in [0.4, 0.5) is 0 Å². The summed E-state index contributed by atoms with van der Waals surface area (Å²) in [6, 6.07) is 8.80. The summed E-state index contributed by atoms with van der Waals surface area (Å²) in [4.78, 5) is 10.2. The van der Waals surface area contributed by atoms with E-state index in [4.69, 9.17) is 14.5 Å². The number of nitrogens with zero attached hydrogens (tertiary/aromatic N) is 3. The van der Waals surface area contributed by atoms with Gasteiger partial charge in [-0.25, -0.2) is 0 Å². The van der Waals surface area contributed by atoms with Gasteiger partial charge in [0.15, 0.2) is 5.96 Å². The molecule has 0 radical (unpaired) electrons. The molecule has 0 aromatic heterocycles. The van der Waals surface area contributed by atoms with Gasteiger partial charge in [0.1, 0.15) is 5.75 Å². The normalized spacial score (nSPS) is 25.5. The van der Waals surface area contributed by atoms with Crippen LogP contribution in [0, 0.1) is 5.41 Å². The van der Waals surface area contributed by atoms with E-state index in [1.54, 1.807) is 7.11 Å². The maximum absolute atomic E-state index is 5.71. The van der Waals surface area contributed by atoms with Gasteiger partial charge in [-0.3, -0.25) is 9.89 Å². The number of aliphatic imine (C=N–C) groups is 1. The summed E-state index contributed by atoms with van der Waals surface area (Å²) in [6.07, 6.45) is 4.95. The maximum Gasteiger partial charge on any atom is 0.194 e. The fourth-order valence-electron chi connectivity index (χ4n) is 5.02. The Morgan fingerprint density at radius 1 is 1.27 bits per heavy atom. The molecule has 0 saturated carbocycles. The highest BCUT2D eigenvalue weighted by atomic mass is 127. The average molecular weight is 528 g/mol. The molecule has 6 nitrogen and oxygen atoms in total. The first-order chi connectivity index (χ1) is 14.2. The van der Waals surface area contributed by atoms with Gasteiger partial charge in [-0.15, -0.1) is 24.0 Å². The Balaban J connectivity index is 0.00000256. The van der Waals surface area contributed by atoms with E-state index in [-0.39, 0.29) is 24.0 Å². The number of likely N-dealkylation sites (tertiary alicyclic amines) is 2. The molecular formula is C23H37IN4O2. The summed E-state index contributed by atoms with van der Waals surface area (Å²) in [5.41, 5.74) is 1.64. The average Bonchev–Trinajstić information content (AvgIpc) is 3.51. The minimum absolute atomic E-state index is 0. The second kappa shape index (κ2) is 11.0. The van der Waals surface area contributed by atoms with Gasteiger partial charge in [-0.1, -0.05) is 12.1 Å². The van der Waals surface area contributed by atoms with E-state index in [9.17, 15) is 0 Å². The number of nitrogens with one attached hydrogen (secondary N) is 1. The van der Waals surface area contributed by atoms with E-state index < -0.39 is 0 Å². The van der Waals surface area contributed by atoms with Crippen LogP contribution in [-0.2, 0) is 4.74 Å². The van der Waals surface area contributed by atoms with E-state index in [2.05, 4.69) is 40.2 Å². The molecule has 30 heavy (non-hydrogen) atoms. The second-order valence-corrected chi connectivity index (χ2v) is 8.70. The summed E-state index contributed by atoms with van der Waals surface area (Å²) in [5.74, 6) is 1.98. The van der Waals surface area contributed by atoms with Crippen molar-refractivity contribution in [2.75, 3.05) is 59.6 Å². The van der Waals surface area contributed by atoms with Crippen LogP contribution in [0.5, 0.6) is 5.75 Å². The predicted octanol–water partition coefficient (Wildman–Crippen LogP) is 3.53. The van der Waals surface area contributed by atoms with Crippen LogP contribution in [0.2, 0.25) is 0 Å². The Morgan fingerprint density at radius 2 is 2.10 bits per heavy atom. The molecule has 0 bridgehead atoms. The van der Waals surface area contributed by atoms with E-state index >= 15 is 0 Å². The van der Waals surface area contributed by atoms with Crippen molar-refractivity contribution in [3.8, 4) is 5.75 Å². The molecule has 3 aliphatic heterocycles. The van der Waals surface area contributed by atoms with Gasteiger partial charge in [-0.05, 0) is 63.4 Å². The van der Waals surface area contributed by atoms with Crippen molar-refractivity contribution in [2.24, 2.45) is 10.4 Å². The number of rotatable bonds is 6. The SMILES string of the molecule is CCNC(=NCC(c1cccc(OC)c1)N1CCCC1)N1CCC2(CCOC2)C1.I. The molecule has 168 valence electrons. The molecule has 1 aromatic carbocycles. The van der Waals surface area contributed by atoms with E-state index in [0.717, 1.165) is 64.2 Å². The van der Waals surface area contributed by atoms with Gasteiger partial charge in [0.2, 0.25) is 0 Å². The van der Waals surface area contributed by atoms with E-state index in [0.29, 0.717) is 11.5 Å². The Kier molecular flexibility index (Phi) is 8.65. The third-order valence-corrected chi connectivity index (χ3v) is 6.73. The van der Waals surface area contributed by atoms with Crippen LogP contribution in [-0.4, -0.2) is 75.4 Å². The summed E-state index contributed by atoms with van der Waals surface area (Å²) in [7, 11) is 1.74. The van der Waals surface area contributed by atoms with Gasteiger partial charge in [-0.2, -0.15) is 0 Å². The van der Waals surface area contributed by atoms with Crippen molar-refractivity contribution >= 4 is 29.9 Å². The standard InChI is InChI=1S/C23H36N4O2.HI/c1-3-24-22(27-13-9-23(17-27)10-14-29-18-23)25-16-21(26-11-4-5-12-26)19-7-6-8-20(15-19)28-2;/h6-8,15,21H,3-5,9-14,16-18H2,1-2H3,(H,24,25);1H. The topological polar surface area (TPSA) is 49.3 Å². The summed E-state index contributed by atoms with van der Waals surface area (Å²) in [6.45, 7) is 10.1. The smallest absolute Gasteiger partial charge is 0.194 e. The highest BCUT2D eigenvalue weighted by Crippen LogP contribution is 2.38. The molecule has 1 N–H and O–H groups in total. The lowest BCUT2D eigenvalue weighted by molar-refractivity contribution is 0.156. The van der Waals surface area contributed by atoms with E-state index in [1.165, 1.54) is 31.2 Å². The minimum atomic E-state index is 0. The van der Waals surface area contributed by atoms with Crippen molar-refractivity contribution in [2.45, 2.75) is 38.6 Å². The van der Waals surface area contributed by atoms with Crippen LogP contribution in [0.25, 0.3) is 0 Å². The van der Waals surface area contributed by atoms with Crippen LogP contribution < -0.4 is 10.1 Å². The van der Waals surface area contributed by atoms with Gasteiger partial charge < -0.3 is 19.7 Å². The number of methoxy groups -OCH3 is 1. The molecule has 2 unspecified atom stereocenters.